The molecule has 0 radical (unpaired) electrons. The molecule has 2 fully saturated rings. The van der Waals surface area contributed by atoms with Gasteiger partial charge in [-0.3, -0.25) is 4.79 Å². The predicted molar refractivity (Wildman–Crippen MR) is 144 cm³/mol. The summed E-state index contributed by atoms with van der Waals surface area (Å²) in [5, 5.41) is 121. The number of hydrogen-bond acceptors (Lipinski definition) is 18. The fourth-order valence-electron chi connectivity index (χ4n) is 4.92. The number of ether oxygens (including phenoxy) is 4. The molecular formula is C27H28O19. The number of carboxylic acids is 1. The normalized spacial score (nSPS) is 31.5. The summed E-state index contributed by atoms with van der Waals surface area (Å²) in [5.41, 5.74) is -2.35. The summed E-state index contributed by atoms with van der Waals surface area (Å²) >= 11 is 0. The molecule has 5 rings (SSSR count). The van der Waals surface area contributed by atoms with Crippen LogP contribution in [0.1, 0.15) is 0 Å². The molecule has 3 aromatic rings. The van der Waals surface area contributed by atoms with Crippen LogP contribution in [0.15, 0.2) is 33.5 Å². The molecule has 250 valence electrons. The molecule has 1 aromatic heterocycles. The predicted octanol–water partition coefficient (Wildman–Crippen LogP) is -3.27. The molecule has 19 nitrogen and oxygen atoms in total. The molecule has 10 atom stereocenters. The second kappa shape index (κ2) is 12.4. The van der Waals surface area contributed by atoms with Crippen LogP contribution in [-0.2, 0) is 14.3 Å². The number of benzene rings is 2. The largest absolute Gasteiger partial charge is 0.507 e. The van der Waals surface area contributed by atoms with Crippen molar-refractivity contribution in [2.24, 2.45) is 0 Å². The van der Waals surface area contributed by atoms with Crippen molar-refractivity contribution < 1.29 is 89.4 Å². The van der Waals surface area contributed by atoms with E-state index in [-0.39, 0.29) is 5.56 Å². The highest BCUT2D eigenvalue weighted by Gasteiger charge is 2.49. The van der Waals surface area contributed by atoms with E-state index in [1.165, 1.54) is 0 Å². The third-order valence-electron chi connectivity index (χ3n) is 7.41. The van der Waals surface area contributed by atoms with Crippen LogP contribution in [0.3, 0.4) is 0 Å². The molecule has 2 aliphatic rings. The molecule has 0 bridgehead atoms. The van der Waals surface area contributed by atoms with Gasteiger partial charge in [0.05, 0.1) is 6.61 Å². The fraction of sp³-hybridized carbons (Fsp3) is 0.407. The lowest BCUT2D eigenvalue weighted by atomic mass is 9.99. The van der Waals surface area contributed by atoms with Gasteiger partial charge in [0.2, 0.25) is 29.5 Å². The van der Waals surface area contributed by atoms with E-state index in [0.717, 1.165) is 18.2 Å². The van der Waals surface area contributed by atoms with E-state index in [0.29, 0.717) is 6.07 Å². The first-order valence-electron chi connectivity index (χ1n) is 13.3. The van der Waals surface area contributed by atoms with Gasteiger partial charge in [0, 0.05) is 11.6 Å². The Morgan fingerprint density at radius 3 is 1.93 bits per heavy atom. The van der Waals surface area contributed by atoms with Gasteiger partial charge in [-0.05, 0) is 18.2 Å². The molecule has 0 saturated carbocycles. The topological polar surface area (TPSA) is 327 Å². The van der Waals surface area contributed by atoms with Crippen LogP contribution in [0.4, 0.5) is 0 Å². The Hall–Kier alpha value is -4.44. The number of aliphatic hydroxyl groups excluding tert-OH is 7. The van der Waals surface area contributed by atoms with Crippen LogP contribution in [-0.4, -0.2) is 135 Å². The fourth-order valence-corrected chi connectivity index (χ4v) is 4.92. The molecule has 2 aromatic carbocycles. The number of hydrogen-bond donors (Lipinski definition) is 12. The Morgan fingerprint density at radius 1 is 0.717 bits per heavy atom. The van der Waals surface area contributed by atoms with Crippen molar-refractivity contribution in [1.29, 1.82) is 0 Å². The lowest BCUT2D eigenvalue weighted by Gasteiger charge is -2.39. The van der Waals surface area contributed by atoms with Crippen LogP contribution in [0.5, 0.6) is 34.5 Å². The van der Waals surface area contributed by atoms with Crippen LogP contribution in [0, 0.1) is 0 Å². The quantitative estimate of drug-likeness (QED) is 0.111. The lowest BCUT2D eigenvalue weighted by molar-refractivity contribution is -0.277. The maximum atomic E-state index is 13.9. The van der Waals surface area contributed by atoms with Crippen molar-refractivity contribution in [2.45, 2.75) is 61.4 Å². The number of phenolic OH excluding ortho intramolecular Hbond substituents is 4. The molecule has 0 spiro atoms. The van der Waals surface area contributed by atoms with Crippen LogP contribution in [0.2, 0.25) is 0 Å². The minimum Gasteiger partial charge on any atom is -0.507 e. The summed E-state index contributed by atoms with van der Waals surface area (Å²) in [6, 6.07) is 3.50. The molecule has 2 saturated heterocycles. The van der Waals surface area contributed by atoms with Crippen LogP contribution >= 0.6 is 0 Å². The van der Waals surface area contributed by atoms with Gasteiger partial charge in [0.25, 0.3) is 0 Å². The van der Waals surface area contributed by atoms with Crippen LogP contribution < -0.4 is 14.9 Å². The van der Waals surface area contributed by atoms with Crippen LogP contribution in [0.25, 0.3) is 22.3 Å². The number of phenols is 4. The summed E-state index contributed by atoms with van der Waals surface area (Å²) in [5.74, 6) is -7.48. The van der Waals surface area contributed by atoms with Gasteiger partial charge in [-0.25, -0.2) is 4.79 Å². The number of fused-ring (bicyclic) bond motifs is 1. The summed E-state index contributed by atoms with van der Waals surface area (Å²) in [6.45, 7) is -0.846. The van der Waals surface area contributed by atoms with E-state index in [9.17, 15) is 70.9 Å². The maximum Gasteiger partial charge on any atom is 0.335 e. The Morgan fingerprint density at radius 2 is 1.33 bits per heavy atom. The zero-order valence-corrected chi connectivity index (χ0v) is 23.0. The van der Waals surface area contributed by atoms with E-state index >= 15 is 0 Å². The van der Waals surface area contributed by atoms with Crippen molar-refractivity contribution in [3.63, 3.8) is 0 Å². The van der Waals surface area contributed by atoms with Gasteiger partial charge in [-0.15, -0.1) is 0 Å². The molecular weight excluding hydrogens is 628 g/mol. The monoisotopic (exact) mass is 656 g/mol. The zero-order chi connectivity index (χ0) is 33.8. The van der Waals surface area contributed by atoms with Gasteiger partial charge in [0.1, 0.15) is 53.9 Å². The van der Waals surface area contributed by atoms with E-state index < -0.39 is 131 Å². The lowest BCUT2D eigenvalue weighted by Crippen LogP contribution is -2.61. The SMILES string of the molecule is O=C(O)C1O[C@@H](Oc2c(-c3ccc(O)c(O)c3)oc3c(O[C@@H]4OC(CO)[C@@H](O)[C@H](O)C4O)c(O)cc(O)c3c2=O)C(O)C(O)[C@@H]1O. The first kappa shape index (κ1) is 32.9. The molecule has 19 heteroatoms. The first-order chi connectivity index (χ1) is 21.7. The Kier molecular flexibility index (Phi) is 8.88. The highest BCUT2D eigenvalue weighted by Crippen LogP contribution is 2.45. The third-order valence-corrected chi connectivity index (χ3v) is 7.41. The Balaban J connectivity index is 1.70. The third kappa shape index (κ3) is 5.59. The smallest absolute Gasteiger partial charge is 0.335 e. The van der Waals surface area contributed by atoms with Gasteiger partial charge >= 0.3 is 5.97 Å². The van der Waals surface area contributed by atoms with Gasteiger partial charge < -0.3 is 84.6 Å². The van der Waals surface area contributed by atoms with Crippen molar-refractivity contribution in [3.05, 3.63) is 34.5 Å². The Labute approximate surface area is 255 Å². The number of aliphatic hydroxyl groups is 7. The summed E-state index contributed by atoms with van der Waals surface area (Å²) in [7, 11) is 0. The molecule has 3 heterocycles. The van der Waals surface area contributed by atoms with Gasteiger partial charge in [-0.2, -0.15) is 0 Å². The van der Waals surface area contributed by atoms with Gasteiger partial charge in [-0.1, -0.05) is 0 Å². The van der Waals surface area contributed by atoms with E-state index in [2.05, 4.69) is 0 Å². The molecule has 46 heavy (non-hydrogen) atoms. The van der Waals surface area contributed by atoms with Crippen molar-refractivity contribution >= 4 is 16.9 Å². The minimum atomic E-state index is -2.17. The molecule has 0 aliphatic carbocycles. The molecule has 2 aliphatic heterocycles. The van der Waals surface area contributed by atoms with Gasteiger partial charge in [0.15, 0.2) is 34.7 Å². The number of rotatable bonds is 7. The van der Waals surface area contributed by atoms with E-state index in [1.54, 1.807) is 0 Å². The average molecular weight is 657 g/mol. The number of aromatic hydroxyl groups is 4. The maximum absolute atomic E-state index is 13.9. The molecule has 12 N–H and O–H groups in total. The van der Waals surface area contributed by atoms with Crippen molar-refractivity contribution in [1.82, 2.24) is 0 Å². The Bertz CT molecular complexity index is 1690. The first-order valence-corrected chi connectivity index (χ1v) is 13.3. The second-order valence-electron chi connectivity index (χ2n) is 10.4. The van der Waals surface area contributed by atoms with Crippen molar-refractivity contribution in [2.75, 3.05) is 6.61 Å². The van der Waals surface area contributed by atoms with E-state index in [4.69, 9.17) is 23.4 Å². The molecule has 0 amide bonds. The number of carbonyl (C=O) groups is 1. The standard InChI is InChI=1S/C27H28O19/c28-5-11-13(33)15(35)18(38)26(42-11)44-21-10(32)4-9(31)12-14(34)23(20(43-22(12)21)6-1-2-7(29)8(30)3-6)45-27-19(39)16(36)17(37)24(46-27)25(40)41/h1-4,11,13,15-19,24,26-33,35-39H,5H2,(H,40,41)/t11?,13-,15+,16?,17+,18?,19?,24?,26+,27-/m1/s1. The summed E-state index contributed by atoms with van der Waals surface area (Å²) in [4.78, 5) is 25.5. The zero-order valence-electron chi connectivity index (χ0n) is 23.0. The molecule has 5 unspecified atom stereocenters. The highest BCUT2D eigenvalue weighted by molar-refractivity contribution is 5.93. The minimum absolute atomic E-state index is 0.258. The summed E-state index contributed by atoms with van der Waals surface area (Å²) < 4.78 is 27.2. The highest BCUT2D eigenvalue weighted by atomic mass is 16.7. The second-order valence-corrected chi connectivity index (χ2v) is 10.4. The number of aliphatic carboxylic acids is 1. The summed E-state index contributed by atoms with van der Waals surface area (Å²) in [6.07, 6.45) is -19.9. The van der Waals surface area contributed by atoms with Crippen molar-refractivity contribution in [3.8, 4) is 45.8 Å². The average Bonchev–Trinajstić information content (AvgIpc) is 3.01. The number of carboxylic acid groups (broad SMARTS) is 1. The van der Waals surface area contributed by atoms with E-state index in [1.807, 2.05) is 0 Å².